The fourth-order valence-electron chi connectivity index (χ4n) is 5.69. The van der Waals surface area contributed by atoms with Crippen LogP contribution in [-0.4, -0.2) is 34.8 Å². The van der Waals surface area contributed by atoms with Gasteiger partial charge in [0, 0.05) is 29.1 Å². The first-order valence-corrected chi connectivity index (χ1v) is 12.0. The number of allylic oxidation sites excluding steroid dienone is 1. The highest BCUT2D eigenvalue weighted by Gasteiger charge is 2.73. The quantitative estimate of drug-likeness (QED) is 0.521. The Kier molecular flexibility index (Phi) is 5.70. The predicted molar refractivity (Wildman–Crippen MR) is 134 cm³/mol. The minimum absolute atomic E-state index is 0.0370. The van der Waals surface area contributed by atoms with E-state index < -0.39 is 45.4 Å². The zero-order valence-electron chi connectivity index (χ0n) is 21.3. The lowest BCUT2D eigenvalue weighted by molar-refractivity contribution is -0.184. The zero-order chi connectivity index (χ0) is 27.6. The number of ether oxygens (including phenoxy) is 1. The molecule has 1 N–H and O–H groups in total. The number of benzene rings is 2. The molecule has 2 aromatic carbocycles. The third-order valence-corrected chi connectivity index (χ3v) is 7.24. The second-order valence-electron chi connectivity index (χ2n) is 10.4. The topological polar surface area (TPSA) is 84.4 Å². The molecule has 1 aromatic heterocycles. The van der Waals surface area contributed by atoms with Crippen LogP contribution >= 0.6 is 0 Å². The van der Waals surface area contributed by atoms with Crippen molar-refractivity contribution in [2.75, 3.05) is 12.0 Å². The maximum Gasteiger partial charge on any atom is 0.411 e. The Balaban J connectivity index is 1.85. The summed E-state index contributed by atoms with van der Waals surface area (Å²) >= 11 is 0. The van der Waals surface area contributed by atoms with Gasteiger partial charge in [0.1, 0.15) is 5.75 Å². The minimum Gasteiger partial charge on any atom is -0.497 e. The van der Waals surface area contributed by atoms with Crippen LogP contribution < -0.4 is 15.2 Å². The summed E-state index contributed by atoms with van der Waals surface area (Å²) in [6, 6.07) is 14.1. The maximum absolute atomic E-state index is 15.5. The Morgan fingerprint density at radius 3 is 2.13 bits per heavy atom. The standard InChI is InChI=1S/C28H26F3N3O4/c1-16-22(24(36)34(32-16)18-8-6-5-7-9-18)27(28(29,30)31)23-20(14-26(2,3)15-21(23)35)33(25(27)37)17-10-12-19(38-4)13-11-17/h5-13,32H,14-15H2,1-4H3/t27-/m0/s1. The number of methoxy groups -OCH3 is 1. The van der Waals surface area contributed by atoms with Gasteiger partial charge >= 0.3 is 6.18 Å². The van der Waals surface area contributed by atoms with Crippen LogP contribution in [0.15, 0.2) is 70.7 Å². The van der Waals surface area contributed by atoms with E-state index >= 15 is 13.2 Å². The van der Waals surface area contributed by atoms with Crippen molar-refractivity contribution in [3.63, 3.8) is 0 Å². The van der Waals surface area contributed by atoms with Crippen LogP contribution in [0.1, 0.15) is 37.9 Å². The minimum atomic E-state index is -5.29. The molecule has 0 spiro atoms. The van der Waals surface area contributed by atoms with Crippen molar-refractivity contribution in [3.05, 3.63) is 87.5 Å². The number of nitrogens with zero attached hydrogens (tertiary/aromatic N) is 2. The van der Waals surface area contributed by atoms with Crippen molar-refractivity contribution in [3.8, 4) is 11.4 Å². The number of hydrogen-bond acceptors (Lipinski definition) is 4. The van der Waals surface area contributed by atoms with E-state index in [1.165, 1.54) is 38.3 Å². The molecular weight excluding hydrogens is 499 g/mol. The van der Waals surface area contributed by atoms with E-state index in [0.717, 1.165) is 9.58 Å². The van der Waals surface area contributed by atoms with Gasteiger partial charge in [0.15, 0.2) is 5.78 Å². The van der Waals surface area contributed by atoms with Crippen molar-refractivity contribution in [1.82, 2.24) is 9.78 Å². The number of hydrogen-bond donors (Lipinski definition) is 1. The fourth-order valence-corrected chi connectivity index (χ4v) is 5.69. The van der Waals surface area contributed by atoms with Gasteiger partial charge in [-0.25, -0.2) is 4.68 Å². The first kappa shape index (κ1) is 25.6. The molecule has 2 aliphatic rings. The van der Waals surface area contributed by atoms with E-state index in [1.54, 1.807) is 44.2 Å². The molecule has 0 saturated carbocycles. The van der Waals surface area contributed by atoms with Crippen LogP contribution in [0.2, 0.25) is 0 Å². The van der Waals surface area contributed by atoms with E-state index in [4.69, 9.17) is 4.74 Å². The summed E-state index contributed by atoms with van der Waals surface area (Å²) in [4.78, 5) is 42.5. The van der Waals surface area contributed by atoms with Crippen LogP contribution in [0.3, 0.4) is 0 Å². The SMILES string of the molecule is COc1ccc(N2C(=O)[C@@](c3c(C)[nH]n(-c4ccccc4)c3=O)(C(F)(F)F)C3=C2CC(C)(C)CC3=O)cc1. The van der Waals surface area contributed by atoms with Crippen LogP contribution in [0.25, 0.3) is 5.69 Å². The number of rotatable bonds is 4. The molecule has 38 heavy (non-hydrogen) atoms. The van der Waals surface area contributed by atoms with Gasteiger partial charge in [-0.2, -0.15) is 13.2 Å². The number of Topliss-reactive ketones (excluding diaryl/α,β-unsaturated/α-hetero) is 1. The van der Waals surface area contributed by atoms with E-state index in [9.17, 15) is 14.4 Å². The number of amides is 1. The number of halogens is 3. The van der Waals surface area contributed by atoms with Gasteiger partial charge in [-0.3, -0.25) is 24.4 Å². The zero-order valence-corrected chi connectivity index (χ0v) is 21.3. The number of anilines is 1. The molecule has 1 aliphatic carbocycles. The predicted octanol–water partition coefficient (Wildman–Crippen LogP) is 4.97. The lowest BCUT2D eigenvalue weighted by Crippen LogP contribution is -2.55. The second kappa shape index (κ2) is 8.47. The van der Waals surface area contributed by atoms with E-state index in [2.05, 4.69) is 5.10 Å². The van der Waals surface area contributed by atoms with Crippen LogP contribution in [0.5, 0.6) is 5.75 Å². The number of aromatic nitrogens is 2. The van der Waals surface area contributed by atoms with E-state index in [0.29, 0.717) is 11.4 Å². The van der Waals surface area contributed by atoms with Gasteiger partial charge in [0.05, 0.1) is 18.4 Å². The molecule has 0 saturated heterocycles. The van der Waals surface area contributed by atoms with E-state index in [1.807, 2.05) is 0 Å². The lowest BCUT2D eigenvalue weighted by Gasteiger charge is -2.35. The van der Waals surface area contributed by atoms with Gasteiger partial charge in [-0.05, 0) is 55.2 Å². The molecule has 0 bridgehead atoms. The Bertz CT molecular complexity index is 1530. The molecule has 1 amide bonds. The number of aryl methyl sites for hydroxylation is 1. The molecule has 0 fully saturated rings. The smallest absolute Gasteiger partial charge is 0.411 e. The summed E-state index contributed by atoms with van der Waals surface area (Å²) in [6.45, 7) is 4.84. The number of para-hydroxylation sites is 1. The average Bonchev–Trinajstić information content (AvgIpc) is 3.28. The highest BCUT2D eigenvalue weighted by Crippen LogP contribution is 2.58. The summed E-state index contributed by atoms with van der Waals surface area (Å²) < 4.78 is 52.5. The number of carbonyl (C=O) groups excluding carboxylic acids is 2. The molecule has 0 unspecified atom stereocenters. The van der Waals surface area contributed by atoms with Crippen LogP contribution in [0, 0.1) is 12.3 Å². The molecule has 0 radical (unpaired) electrons. The Labute approximate surface area is 216 Å². The number of ketones is 1. The highest BCUT2D eigenvalue weighted by atomic mass is 19.4. The summed E-state index contributed by atoms with van der Waals surface area (Å²) in [5, 5.41) is 2.70. The van der Waals surface area contributed by atoms with E-state index in [-0.39, 0.29) is 29.9 Å². The lowest BCUT2D eigenvalue weighted by atomic mass is 9.66. The largest absolute Gasteiger partial charge is 0.497 e. The van der Waals surface area contributed by atoms with Gasteiger partial charge in [0.25, 0.3) is 11.5 Å². The average molecular weight is 526 g/mol. The second-order valence-corrected chi connectivity index (χ2v) is 10.4. The number of nitrogens with one attached hydrogen (secondary N) is 1. The molecule has 1 aliphatic heterocycles. The number of aromatic amines is 1. The van der Waals surface area contributed by atoms with Crippen LogP contribution in [-0.2, 0) is 15.0 Å². The molecule has 3 aromatic rings. The molecular formula is C28H26F3N3O4. The highest BCUT2D eigenvalue weighted by molar-refractivity contribution is 6.20. The Morgan fingerprint density at radius 1 is 0.921 bits per heavy atom. The van der Waals surface area contributed by atoms with Crippen molar-refractivity contribution >= 4 is 17.4 Å². The number of carbonyl (C=O) groups is 2. The van der Waals surface area contributed by atoms with Gasteiger partial charge in [0.2, 0.25) is 5.41 Å². The Morgan fingerprint density at radius 2 is 1.55 bits per heavy atom. The third kappa shape index (κ3) is 3.53. The normalized spacial score (nSPS) is 21.2. The van der Waals surface area contributed by atoms with Crippen molar-refractivity contribution < 1.29 is 27.5 Å². The van der Waals surface area contributed by atoms with Crippen molar-refractivity contribution in [2.24, 2.45) is 5.41 Å². The summed E-state index contributed by atoms with van der Waals surface area (Å²) in [6.07, 6.45) is -5.44. The van der Waals surface area contributed by atoms with Crippen molar-refractivity contribution in [2.45, 2.75) is 45.2 Å². The fraction of sp³-hybridized carbons (Fsp3) is 0.321. The summed E-state index contributed by atoms with van der Waals surface area (Å²) in [5.41, 5.74) is -6.41. The first-order chi connectivity index (χ1) is 17.8. The van der Waals surface area contributed by atoms with Crippen LogP contribution in [0.4, 0.5) is 18.9 Å². The summed E-state index contributed by atoms with van der Waals surface area (Å²) in [7, 11) is 1.44. The maximum atomic E-state index is 15.5. The molecule has 10 heteroatoms. The Hall–Kier alpha value is -4.08. The van der Waals surface area contributed by atoms with Gasteiger partial charge in [-0.1, -0.05) is 32.0 Å². The molecule has 2 heterocycles. The molecule has 5 rings (SSSR count). The van der Waals surface area contributed by atoms with Gasteiger partial charge < -0.3 is 4.74 Å². The third-order valence-electron chi connectivity index (χ3n) is 7.24. The van der Waals surface area contributed by atoms with Gasteiger partial charge in [-0.15, -0.1) is 0 Å². The van der Waals surface area contributed by atoms with Crippen molar-refractivity contribution in [1.29, 1.82) is 0 Å². The summed E-state index contributed by atoms with van der Waals surface area (Å²) in [5.74, 6) is -1.75. The first-order valence-electron chi connectivity index (χ1n) is 12.0. The molecule has 198 valence electrons. The molecule has 1 atom stereocenters. The number of alkyl halides is 3. The monoisotopic (exact) mass is 525 g/mol. The number of H-pyrrole nitrogens is 1. The molecule has 7 nitrogen and oxygen atoms in total.